The number of rotatable bonds is 11. The van der Waals surface area contributed by atoms with Crippen LogP contribution in [0.3, 0.4) is 0 Å². The van der Waals surface area contributed by atoms with Crippen LogP contribution in [0, 0.1) is 11.8 Å². The number of allylic oxidation sites excluding steroid dienone is 2. The van der Waals surface area contributed by atoms with Crippen LogP contribution in [-0.2, 0) is 36.8 Å². The summed E-state index contributed by atoms with van der Waals surface area (Å²) in [4.78, 5) is 42.6. The maximum atomic E-state index is 13.8. The zero-order valence-electron chi connectivity index (χ0n) is 25.2. The molecule has 8 heteroatoms. The van der Waals surface area contributed by atoms with Crippen molar-refractivity contribution in [3.8, 4) is 0 Å². The van der Waals surface area contributed by atoms with Crippen LogP contribution in [0.4, 0.5) is 0 Å². The Morgan fingerprint density at radius 3 is 2.09 bits per heavy atom. The monoisotopic (exact) mass is 598 g/mol. The molecule has 44 heavy (non-hydrogen) atoms. The van der Waals surface area contributed by atoms with Gasteiger partial charge in [-0.05, 0) is 36.0 Å². The molecule has 1 aliphatic rings. The van der Waals surface area contributed by atoms with E-state index in [0.29, 0.717) is 25.8 Å². The van der Waals surface area contributed by atoms with Crippen molar-refractivity contribution in [2.45, 2.75) is 44.4 Å². The molecule has 232 valence electrons. The normalized spacial score (nSPS) is 21.0. The second-order valence-electron chi connectivity index (χ2n) is 11.1. The number of carbonyl (C=O) groups excluding carboxylic acids is 3. The number of esters is 1. The second kappa shape index (κ2) is 17.1. The predicted octanol–water partition coefficient (Wildman–Crippen LogP) is 4.64. The fraction of sp³-hybridized carbons (Fsp3) is 0.361. The number of hydrogen-bond donors (Lipinski definition) is 2. The number of carbonyl (C=O) groups is 3. The van der Waals surface area contributed by atoms with E-state index >= 15 is 0 Å². The Hall–Kier alpha value is -4.27. The zero-order chi connectivity index (χ0) is 31.1. The molecule has 0 aliphatic carbocycles. The molecule has 2 N–H and O–H groups in total. The Kier molecular flexibility index (Phi) is 12.7. The molecule has 0 radical (unpaired) electrons. The summed E-state index contributed by atoms with van der Waals surface area (Å²) in [7, 11) is 1.53. The van der Waals surface area contributed by atoms with Gasteiger partial charge in [-0.1, -0.05) is 103 Å². The zero-order valence-corrected chi connectivity index (χ0v) is 25.2. The topological polar surface area (TPSA) is 105 Å². The molecule has 3 aromatic rings. The molecule has 3 aromatic carbocycles. The SMILES string of the molecule is COC[C@@H]1NC(=O)[C@@H](CC(=O)N(CCO)Cc2ccccc2)CC=CC[C@H](Cc2ccccc2)C(=O)O[C@H]1c1ccccc1. The highest BCUT2D eigenvalue weighted by Crippen LogP contribution is 2.27. The second-order valence-corrected chi connectivity index (χ2v) is 11.1. The minimum atomic E-state index is -0.797. The van der Waals surface area contributed by atoms with E-state index in [1.807, 2.05) is 103 Å². The van der Waals surface area contributed by atoms with Crippen LogP contribution >= 0.6 is 0 Å². The first-order chi connectivity index (χ1) is 21.5. The summed E-state index contributed by atoms with van der Waals surface area (Å²) in [5.74, 6) is -2.01. The summed E-state index contributed by atoms with van der Waals surface area (Å²) in [5.41, 5.74) is 2.70. The number of aliphatic hydroxyl groups excluding tert-OH is 1. The van der Waals surface area contributed by atoms with E-state index in [2.05, 4.69) is 5.32 Å². The standard InChI is InChI=1S/C36H42N2O6/c1-43-26-32-34(29-17-9-4-10-18-29)44-36(42)31(23-27-13-5-2-6-14-27)20-12-11-19-30(35(41)37-32)24-33(40)38(21-22-39)25-28-15-7-3-8-16-28/h2-18,30-32,34,39H,19-26H2,1H3,(H,37,41)/t30-,31-,32+,34+/m1/s1. The van der Waals surface area contributed by atoms with Crippen LogP contribution in [-0.4, -0.2) is 60.7 Å². The lowest BCUT2D eigenvalue weighted by molar-refractivity contribution is -0.158. The summed E-state index contributed by atoms with van der Waals surface area (Å²) in [6.07, 6.45) is 4.19. The van der Waals surface area contributed by atoms with Crippen LogP contribution < -0.4 is 5.32 Å². The number of nitrogens with one attached hydrogen (secondary N) is 1. The molecular formula is C36H42N2O6. The van der Waals surface area contributed by atoms with Crippen molar-refractivity contribution < 1.29 is 29.0 Å². The van der Waals surface area contributed by atoms with Gasteiger partial charge >= 0.3 is 5.97 Å². The Morgan fingerprint density at radius 1 is 0.886 bits per heavy atom. The van der Waals surface area contributed by atoms with Crippen molar-refractivity contribution >= 4 is 17.8 Å². The molecule has 0 saturated carbocycles. The molecule has 1 aliphatic heterocycles. The summed E-state index contributed by atoms with van der Waals surface area (Å²) in [6.45, 7) is 0.419. The summed E-state index contributed by atoms with van der Waals surface area (Å²) < 4.78 is 11.7. The molecule has 0 unspecified atom stereocenters. The van der Waals surface area contributed by atoms with E-state index in [9.17, 15) is 19.5 Å². The molecule has 0 bridgehead atoms. The molecule has 1 heterocycles. The van der Waals surface area contributed by atoms with Gasteiger partial charge in [-0.25, -0.2) is 0 Å². The largest absolute Gasteiger partial charge is 0.455 e. The molecule has 0 aromatic heterocycles. The number of nitrogens with zero attached hydrogens (tertiary/aromatic N) is 1. The molecular weight excluding hydrogens is 556 g/mol. The third kappa shape index (κ3) is 9.62. The van der Waals surface area contributed by atoms with Crippen molar-refractivity contribution in [3.63, 3.8) is 0 Å². The van der Waals surface area contributed by atoms with Gasteiger partial charge in [0.1, 0.15) is 6.10 Å². The van der Waals surface area contributed by atoms with Gasteiger partial charge in [0.25, 0.3) is 0 Å². The average Bonchev–Trinajstić information content (AvgIpc) is 3.04. The van der Waals surface area contributed by atoms with Gasteiger partial charge in [0.15, 0.2) is 0 Å². The maximum Gasteiger partial charge on any atom is 0.310 e. The van der Waals surface area contributed by atoms with Crippen LogP contribution in [0.25, 0.3) is 0 Å². The van der Waals surface area contributed by atoms with Gasteiger partial charge in [0.2, 0.25) is 11.8 Å². The van der Waals surface area contributed by atoms with Crippen LogP contribution in [0.2, 0.25) is 0 Å². The van der Waals surface area contributed by atoms with E-state index in [1.54, 1.807) is 4.90 Å². The first-order valence-electron chi connectivity index (χ1n) is 15.1. The average molecular weight is 599 g/mol. The minimum Gasteiger partial charge on any atom is -0.455 e. The van der Waals surface area contributed by atoms with Crippen LogP contribution in [0.5, 0.6) is 0 Å². The Balaban J connectivity index is 1.62. The van der Waals surface area contributed by atoms with Crippen molar-refractivity contribution in [3.05, 3.63) is 120 Å². The number of benzene rings is 3. The van der Waals surface area contributed by atoms with Crippen molar-refractivity contribution in [1.29, 1.82) is 0 Å². The van der Waals surface area contributed by atoms with E-state index in [0.717, 1.165) is 16.7 Å². The van der Waals surface area contributed by atoms with E-state index < -0.39 is 24.0 Å². The van der Waals surface area contributed by atoms with Gasteiger partial charge in [-0.15, -0.1) is 0 Å². The summed E-state index contributed by atoms with van der Waals surface area (Å²) in [5, 5.41) is 12.7. The molecule has 0 spiro atoms. The number of hydrogen-bond acceptors (Lipinski definition) is 6. The van der Waals surface area contributed by atoms with Gasteiger partial charge in [0.05, 0.1) is 31.1 Å². The molecule has 8 nitrogen and oxygen atoms in total. The van der Waals surface area contributed by atoms with E-state index in [1.165, 1.54) is 7.11 Å². The van der Waals surface area contributed by atoms with Gasteiger partial charge < -0.3 is 24.8 Å². The van der Waals surface area contributed by atoms with Gasteiger partial charge in [-0.3, -0.25) is 14.4 Å². The third-order valence-electron chi connectivity index (χ3n) is 7.81. The lowest BCUT2D eigenvalue weighted by atomic mass is 9.93. The number of aliphatic hydroxyl groups is 1. The van der Waals surface area contributed by atoms with Crippen molar-refractivity contribution in [2.24, 2.45) is 11.8 Å². The lowest BCUT2D eigenvalue weighted by Crippen LogP contribution is -2.47. The van der Waals surface area contributed by atoms with Gasteiger partial charge in [0, 0.05) is 26.6 Å². The molecule has 4 atom stereocenters. The summed E-state index contributed by atoms with van der Waals surface area (Å²) >= 11 is 0. The Morgan fingerprint density at radius 2 is 1.48 bits per heavy atom. The van der Waals surface area contributed by atoms with E-state index in [4.69, 9.17) is 9.47 Å². The minimum absolute atomic E-state index is 0.0358. The number of amides is 2. The van der Waals surface area contributed by atoms with Crippen LogP contribution in [0.1, 0.15) is 42.1 Å². The fourth-order valence-corrected chi connectivity index (χ4v) is 5.45. The van der Waals surface area contributed by atoms with Crippen LogP contribution in [0.15, 0.2) is 103 Å². The Labute approximate surface area is 259 Å². The lowest BCUT2D eigenvalue weighted by Gasteiger charge is -2.31. The molecule has 0 fully saturated rings. The predicted molar refractivity (Wildman–Crippen MR) is 168 cm³/mol. The number of cyclic esters (lactones) is 1. The first kappa shape index (κ1) is 32.6. The smallest absolute Gasteiger partial charge is 0.310 e. The highest BCUT2D eigenvalue weighted by molar-refractivity contribution is 5.86. The van der Waals surface area contributed by atoms with Crippen molar-refractivity contribution in [2.75, 3.05) is 26.9 Å². The molecule has 4 rings (SSSR count). The van der Waals surface area contributed by atoms with Gasteiger partial charge in [-0.2, -0.15) is 0 Å². The van der Waals surface area contributed by atoms with E-state index in [-0.39, 0.29) is 44.0 Å². The number of ether oxygens (including phenoxy) is 2. The quantitative estimate of drug-likeness (QED) is 0.246. The molecule has 2 amide bonds. The molecule has 0 saturated heterocycles. The Bertz CT molecular complexity index is 1350. The highest BCUT2D eigenvalue weighted by Gasteiger charge is 2.34. The summed E-state index contributed by atoms with van der Waals surface area (Å²) in [6, 6.07) is 28.0. The number of methoxy groups -OCH3 is 1. The fourth-order valence-electron chi connectivity index (χ4n) is 5.45. The first-order valence-corrected chi connectivity index (χ1v) is 15.1. The third-order valence-corrected chi connectivity index (χ3v) is 7.81. The highest BCUT2D eigenvalue weighted by atomic mass is 16.5. The maximum absolute atomic E-state index is 13.8. The van der Waals surface area contributed by atoms with Crippen molar-refractivity contribution in [1.82, 2.24) is 10.2 Å².